The molecule has 7 heteroatoms. The van der Waals surface area contributed by atoms with E-state index in [1.54, 1.807) is 0 Å². The SMILES string of the molecule is COc1cc(C2NCCC(C)S2)cc(Cl)c1OCC(N)=O. The zero-order chi connectivity index (χ0) is 15.4. The van der Waals surface area contributed by atoms with Crippen LogP contribution in [0.3, 0.4) is 0 Å². The van der Waals surface area contributed by atoms with Gasteiger partial charge in [-0.05, 0) is 30.7 Å². The Hall–Kier alpha value is -1.11. The third-order valence-electron chi connectivity index (χ3n) is 3.16. The number of halogens is 1. The number of rotatable bonds is 5. The molecule has 0 bridgehead atoms. The number of nitrogens with two attached hydrogens (primary N) is 1. The molecule has 0 aromatic heterocycles. The van der Waals surface area contributed by atoms with E-state index in [9.17, 15) is 4.79 Å². The summed E-state index contributed by atoms with van der Waals surface area (Å²) in [5.41, 5.74) is 6.11. The number of carbonyl (C=O) groups excluding carboxylic acids is 1. The Morgan fingerprint density at radius 1 is 1.57 bits per heavy atom. The van der Waals surface area contributed by atoms with E-state index >= 15 is 0 Å². The average Bonchev–Trinajstić information content (AvgIpc) is 2.45. The van der Waals surface area contributed by atoms with Crippen molar-refractivity contribution in [1.29, 1.82) is 0 Å². The van der Waals surface area contributed by atoms with Crippen molar-refractivity contribution in [1.82, 2.24) is 5.32 Å². The number of nitrogens with one attached hydrogen (secondary N) is 1. The number of ether oxygens (including phenoxy) is 2. The van der Waals surface area contributed by atoms with Crippen LogP contribution in [-0.2, 0) is 4.79 Å². The maximum absolute atomic E-state index is 10.8. The van der Waals surface area contributed by atoms with Crippen molar-refractivity contribution in [2.24, 2.45) is 5.73 Å². The van der Waals surface area contributed by atoms with E-state index in [2.05, 4.69) is 12.2 Å². The van der Waals surface area contributed by atoms with Crippen LogP contribution in [0.4, 0.5) is 0 Å². The Morgan fingerprint density at radius 2 is 2.33 bits per heavy atom. The van der Waals surface area contributed by atoms with Crippen molar-refractivity contribution in [3.63, 3.8) is 0 Å². The van der Waals surface area contributed by atoms with Crippen LogP contribution in [-0.4, -0.2) is 31.4 Å². The van der Waals surface area contributed by atoms with E-state index in [4.69, 9.17) is 26.8 Å². The van der Waals surface area contributed by atoms with Crippen molar-refractivity contribution in [2.45, 2.75) is 24.0 Å². The van der Waals surface area contributed by atoms with Gasteiger partial charge in [0.05, 0.1) is 17.5 Å². The number of benzene rings is 1. The van der Waals surface area contributed by atoms with Gasteiger partial charge in [0.15, 0.2) is 18.1 Å². The van der Waals surface area contributed by atoms with Crippen LogP contribution in [0, 0.1) is 0 Å². The van der Waals surface area contributed by atoms with E-state index in [1.807, 2.05) is 23.9 Å². The molecule has 1 aliphatic rings. The zero-order valence-corrected chi connectivity index (χ0v) is 13.6. The van der Waals surface area contributed by atoms with Crippen LogP contribution in [0.2, 0.25) is 5.02 Å². The lowest BCUT2D eigenvalue weighted by molar-refractivity contribution is -0.119. The first-order chi connectivity index (χ1) is 10.0. The van der Waals surface area contributed by atoms with Crippen LogP contribution < -0.4 is 20.5 Å². The molecule has 21 heavy (non-hydrogen) atoms. The molecule has 2 unspecified atom stereocenters. The molecule has 1 saturated heterocycles. The number of amides is 1. The molecule has 1 aromatic rings. The van der Waals surface area contributed by atoms with Gasteiger partial charge in [-0.2, -0.15) is 0 Å². The molecule has 116 valence electrons. The van der Waals surface area contributed by atoms with Crippen molar-refractivity contribution in [3.05, 3.63) is 22.7 Å². The van der Waals surface area contributed by atoms with E-state index in [1.165, 1.54) is 7.11 Å². The van der Waals surface area contributed by atoms with E-state index in [-0.39, 0.29) is 12.0 Å². The van der Waals surface area contributed by atoms with Gasteiger partial charge in [0, 0.05) is 5.25 Å². The standard InChI is InChI=1S/C14H19ClN2O3S/c1-8-3-4-17-14(21-8)9-5-10(15)13(11(6-9)19-2)20-7-12(16)18/h5-6,8,14,17H,3-4,7H2,1-2H3,(H2,16,18). The second-order valence-corrected chi connectivity index (χ2v) is 6.81. The molecule has 1 heterocycles. The second-order valence-electron chi connectivity index (χ2n) is 4.86. The molecule has 1 fully saturated rings. The van der Waals surface area contributed by atoms with Gasteiger partial charge >= 0.3 is 0 Å². The van der Waals surface area contributed by atoms with Crippen molar-refractivity contribution < 1.29 is 14.3 Å². The molecule has 0 spiro atoms. The topological polar surface area (TPSA) is 73.6 Å². The largest absolute Gasteiger partial charge is 0.493 e. The molecule has 1 amide bonds. The molecule has 0 saturated carbocycles. The van der Waals surface area contributed by atoms with Gasteiger partial charge in [-0.1, -0.05) is 18.5 Å². The van der Waals surface area contributed by atoms with E-state index < -0.39 is 5.91 Å². The van der Waals surface area contributed by atoms with Gasteiger partial charge in [0.25, 0.3) is 5.91 Å². The quantitative estimate of drug-likeness (QED) is 0.866. The molecular formula is C14H19ClN2O3S. The Labute approximate surface area is 133 Å². The van der Waals surface area contributed by atoms with Gasteiger partial charge < -0.3 is 20.5 Å². The summed E-state index contributed by atoms with van der Waals surface area (Å²) in [5.74, 6) is 0.283. The highest BCUT2D eigenvalue weighted by Gasteiger charge is 2.23. The lowest BCUT2D eigenvalue weighted by Gasteiger charge is -2.28. The summed E-state index contributed by atoms with van der Waals surface area (Å²) in [6, 6.07) is 3.72. The van der Waals surface area contributed by atoms with E-state index in [0.717, 1.165) is 18.5 Å². The Kier molecular flexibility index (Phi) is 5.61. The van der Waals surface area contributed by atoms with Gasteiger partial charge in [0.1, 0.15) is 0 Å². The Balaban J connectivity index is 2.24. The molecule has 2 atom stereocenters. The Morgan fingerprint density at radius 3 is 2.95 bits per heavy atom. The Bertz CT molecular complexity index is 527. The summed E-state index contributed by atoms with van der Waals surface area (Å²) in [5, 5.41) is 4.62. The number of primary amides is 1. The fourth-order valence-corrected chi connectivity index (χ4v) is 3.64. The highest BCUT2D eigenvalue weighted by molar-refractivity contribution is 8.00. The third-order valence-corrected chi connectivity index (χ3v) is 4.85. The van der Waals surface area contributed by atoms with Gasteiger partial charge in [-0.15, -0.1) is 11.8 Å². The lowest BCUT2D eigenvalue weighted by atomic mass is 10.2. The van der Waals surface area contributed by atoms with Crippen molar-refractivity contribution >= 4 is 29.3 Å². The molecule has 1 aromatic carbocycles. The number of hydrogen-bond acceptors (Lipinski definition) is 5. The number of thioether (sulfide) groups is 1. The molecule has 1 aliphatic heterocycles. The smallest absolute Gasteiger partial charge is 0.255 e. The fourth-order valence-electron chi connectivity index (χ4n) is 2.14. The van der Waals surface area contributed by atoms with Crippen LogP contribution in [0.1, 0.15) is 24.3 Å². The summed E-state index contributed by atoms with van der Waals surface area (Å²) in [4.78, 5) is 10.8. The maximum atomic E-state index is 10.8. The number of carbonyl (C=O) groups is 1. The van der Waals surface area contributed by atoms with Gasteiger partial charge in [-0.3, -0.25) is 4.79 Å². The van der Waals surface area contributed by atoms with Crippen LogP contribution in [0.25, 0.3) is 0 Å². The summed E-state index contributed by atoms with van der Waals surface area (Å²) in [6.07, 6.45) is 1.14. The fraction of sp³-hybridized carbons (Fsp3) is 0.500. The van der Waals surface area contributed by atoms with Crippen LogP contribution in [0.15, 0.2) is 12.1 Å². The minimum atomic E-state index is -0.560. The first-order valence-electron chi connectivity index (χ1n) is 6.68. The first-order valence-corrected chi connectivity index (χ1v) is 8.00. The molecular weight excluding hydrogens is 312 g/mol. The lowest BCUT2D eigenvalue weighted by Crippen LogP contribution is -2.28. The molecule has 0 radical (unpaired) electrons. The highest BCUT2D eigenvalue weighted by atomic mass is 35.5. The maximum Gasteiger partial charge on any atom is 0.255 e. The minimum Gasteiger partial charge on any atom is -0.493 e. The monoisotopic (exact) mass is 330 g/mol. The van der Waals surface area contributed by atoms with Gasteiger partial charge in [0.2, 0.25) is 0 Å². The molecule has 2 rings (SSSR count). The summed E-state index contributed by atoms with van der Waals surface area (Å²) in [6.45, 7) is 2.95. The second kappa shape index (κ2) is 7.24. The summed E-state index contributed by atoms with van der Waals surface area (Å²) < 4.78 is 10.6. The van der Waals surface area contributed by atoms with Crippen molar-refractivity contribution in [3.8, 4) is 11.5 Å². The highest BCUT2D eigenvalue weighted by Crippen LogP contribution is 2.42. The number of methoxy groups -OCH3 is 1. The van der Waals surface area contributed by atoms with E-state index in [0.29, 0.717) is 21.8 Å². The van der Waals surface area contributed by atoms with Crippen LogP contribution >= 0.6 is 23.4 Å². The van der Waals surface area contributed by atoms with Gasteiger partial charge in [-0.25, -0.2) is 0 Å². The summed E-state index contributed by atoms with van der Waals surface area (Å²) >= 11 is 8.11. The van der Waals surface area contributed by atoms with Crippen molar-refractivity contribution in [2.75, 3.05) is 20.3 Å². The zero-order valence-electron chi connectivity index (χ0n) is 12.0. The minimum absolute atomic E-state index is 0.172. The predicted molar refractivity (Wildman–Crippen MR) is 85.1 cm³/mol. The molecule has 5 nitrogen and oxygen atoms in total. The first kappa shape index (κ1) is 16.3. The normalized spacial score (nSPS) is 21.9. The average molecular weight is 331 g/mol. The number of hydrogen-bond donors (Lipinski definition) is 2. The summed E-state index contributed by atoms with van der Waals surface area (Å²) in [7, 11) is 1.54. The predicted octanol–water partition coefficient (Wildman–Crippen LogP) is 2.33. The third kappa shape index (κ3) is 4.18. The molecule has 0 aliphatic carbocycles. The van der Waals surface area contributed by atoms with Crippen LogP contribution in [0.5, 0.6) is 11.5 Å². The molecule has 3 N–H and O–H groups in total.